The number of hydrogen-bond acceptors (Lipinski definition) is 3. The molecule has 3 nitrogen and oxygen atoms in total. The molecule has 3 heteroatoms. The van der Waals surface area contributed by atoms with Crippen LogP contribution in [0.3, 0.4) is 0 Å². The lowest BCUT2D eigenvalue weighted by molar-refractivity contribution is -0.174. The summed E-state index contributed by atoms with van der Waals surface area (Å²) in [5.41, 5.74) is 1.27. The van der Waals surface area contributed by atoms with Crippen molar-refractivity contribution in [3.8, 4) is 0 Å². The minimum absolute atomic E-state index is 0.183. The van der Waals surface area contributed by atoms with Crippen molar-refractivity contribution in [1.29, 1.82) is 0 Å². The number of hydrogen-bond donors (Lipinski definition) is 1. The summed E-state index contributed by atoms with van der Waals surface area (Å²) in [5.74, 6) is 0.258. The van der Waals surface area contributed by atoms with E-state index >= 15 is 0 Å². The highest BCUT2D eigenvalue weighted by atomic mass is 16.7. The molecule has 2 bridgehead atoms. The van der Waals surface area contributed by atoms with E-state index in [2.05, 4.69) is 12.1 Å². The Morgan fingerprint density at radius 1 is 1.25 bits per heavy atom. The fourth-order valence-corrected chi connectivity index (χ4v) is 2.59. The number of fused-ring (bicyclic) bond motifs is 2. The average molecular weight is 220 g/mol. The maximum absolute atomic E-state index is 10.1. The summed E-state index contributed by atoms with van der Waals surface area (Å²) in [5, 5.41) is 10.1. The van der Waals surface area contributed by atoms with Crippen LogP contribution >= 0.6 is 0 Å². The third kappa shape index (κ3) is 1.86. The lowest BCUT2D eigenvalue weighted by Crippen LogP contribution is -2.41. The van der Waals surface area contributed by atoms with Crippen LogP contribution in [0.1, 0.15) is 12.0 Å². The number of benzene rings is 1. The topological polar surface area (TPSA) is 38.7 Å². The summed E-state index contributed by atoms with van der Waals surface area (Å²) >= 11 is 0. The van der Waals surface area contributed by atoms with Crippen molar-refractivity contribution in [1.82, 2.24) is 0 Å². The third-order valence-corrected chi connectivity index (χ3v) is 3.44. The van der Waals surface area contributed by atoms with E-state index in [0.29, 0.717) is 6.61 Å². The number of ether oxygens (including phenoxy) is 2. The third-order valence-electron chi connectivity index (χ3n) is 3.44. The Morgan fingerprint density at radius 3 is 2.88 bits per heavy atom. The molecular weight excluding hydrogens is 204 g/mol. The van der Waals surface area contributed by atoms with Crippen molar-refractivity contribution >= 4 is 0 Å². The van der Waals surface area contributed by atoms with Gasteiger partial charge < -0.3 is 14.6 Å². The van der Waals surface area contributed by atoms with E-state index < -0.39 is 12.4 Å². The number of aliphatic hydroxyl groups excluding tert-OH is 1. The van der Waals surface area contributed by atoms with Crippen LogP contribution in [0.5, 0.6) is 0 Å². The fourth-order valence-electron chi connectivity index (χ4n) is 2.59. The SMILES string of the molecule is OC1C(Cc2ccccc2)C[C@H]2CO[C@@H]1O2. The first kappa shape index (κ1) is 10.3. The summed E-state index contributed by atoms with van der Waals surface area (Å²) in [4.78, 5) is 0. The Labute approximate surface area is 95.0 Å². The minimum Gasteiger partial charge on any atom is -0.388 e. The molecule has 4 atom stereocenters. The van der Waals surface area contributed by atoms with Gasteiger partial charge in [0, 0.05) is 0 Å². The second-order valence-corrected chi connectivity index (χ2v) is 4.64. The molecule has 1 N–H and O–H groups in total. The van der Waals surface area contributed by atoms with Gasteiger partial charge in [-0.15, -0.1) is 0 Å². The normalized spacial score (nSPS) is 37.6. The molecule has 1 aromatic rings. The predicted molar refractivity (Wildman–Crippen MR) is 58.9 cm³/mol. The van der Waals surface area contributed by atoms with Gasteiger partial charge in [-0.2, -0.15) is 0 Å². The first-order valence-electron chi connectivity index (χ1n) is 5.82. The zero-order chi connectivity index (χ0) is 11.0. The molecule has 2 heterocycles. The molecular formula is C13H16O3. The van der Waals surface area contributed by atoms with Gasteiger partial charge in [-0.05, 0) is 24.3 Å². The van der Waals surface area contributed by atoms with Gasteiger partial charge in [-0.25, -0.2) is 0 Å². The van der Waals surface area contributed by atoms with Gasteiger partial charge in [0.05, 0.1) is 12.7 Å². The van der Waals surface area contributed by atoms with E-state index in [-0.39, 0.29) is 12.0 Å². The zero-order valence-electron chi connectivity index (χ0n) is 9.08. The van der Waals surface area contributed by atoms with E-state index in [1.807, 2.05) is 18.2 Å². The van der Waals surface area contributed by atoms with Crippen LogP contribution < -0.4 is 0 Å². The summed E-state index contributed by atoms with van der Waals surface area (Å²) < 4.78 is 10.9. The van der Waals surface area contributed by atoms with E-state index in [0.717, 1.165) is 12.8 Å². The van der Waals surface area contributed by atoms with Crippen molar-refractivity contribution in [3.63, 3.8) is 0 Å². The summed E-state index contributed by atoms with van der Waals surface area (Å²) in [7, 11) is 0. The van der Waals surface area contributed by atoms with Crippen LogP contribution in [0.2, 0.25) is 0 Å². The average Bonchev–Trinajstić information content (AvgIpc) is 2.72. The van der Waals surface area contributed by atoms with Crippen molar-refractivity contribution in [3.05, 3.63) is 35.9 Å². The highest BCUT2D eigenvalue weighted by Crippen LogP contribution is 2.33. The van der Waals surface area contributed by atoms with Gasteiger partial charge in [0.25, 0.3) is 0 Å². The maximum Gasteiger partial charge on any atom is 0.184 e. The smallest absolute Gasteiger partial charge is 0.184 e. The molecule has 16 heavy (non-hydrogen) atoms. The first-order chi connectivity index (χ1) is 7.83. The van der Waals surface area contributed by atoms with E-state index in [9.17, 15) is 5.11 Å². The van der Waals surface area contributed by atoms with Crippen molar-refractivity contribution in [2.45, 2.75) is 31.3 Å². The van der Waals surface area contributed by atoms with E-state index in [4.69, 9.17) is 9.47 Å². The summed E-state index contributed by atoms with van der Waals surface area (Å²) in [6.07, 6.45) is 1.10. The van der Waals surface area contributed by atoms with Crippen LogP contribution in [-0.4, -0.2) is 30.2 Å². The predicted octanol–water partition coefficient (Wildman–Crippen LogP) is 1.35. The summed E-state index contributed by atoms with van der Waals surface area (Å²) in [6.45, 7) is 0.632. The molecule has 2 saturated heterocycles. The van der Waals surface area contributed by atoms with Crippen LogP contribution in [-0.2, 0) is 15.9 Å². The molecule has 2 fully saturated rings. The molecule has 0 aromatic heterocycles. The van der Waals surface area contributed by atoms with Crippen LogP contribution in [0.25, 0.3) is 0 Å². The molecule has 0 radical (unpaired) electrons. The monoisotopic (exact) mass is 220 g/mol. The van der Waals surface area contributed by atoms with Crippen LogP contribution in [0, 0.1) is 5.92 Å². The van der Waals surface area contributed by atoms with Gasteiger partial charge in [-0.1, -0.05) is 30.3 Å². The quantitative estimate of drug-likeness (QED) is 0.817. The highest BCUT2D eigenvalue weighted by Gasteiger charge is 2.42. The Bertz CT molecular complexity index is 351. The molecule has 2 aliphatic rings. The number of rotatable bonds is 2. The van der Waals surface area contributed by atoms with Gasteiger partial charge in [0.1, 0.15) is 6.10 Å². The molecule has 86 valence electrons. The molecule has 0 spiro atoms. The van der Waals surface area contributed by atoms with Crippen LogP contribution in [0.15, 0.2) is 30.3 Å². The Balaban J connectivity index is 1.71. The van der Waals surface area contributed by atoms with Crippen molar-refractivity contribution < 1.29 is 14.6 Å². The largest absolute Gasteiger partial charge is 0.388 e. The van der Waals surface area contributed by atoms with E-state index in [1.165, 1.54) is 5.56 Å². The molecule has 2 unspecified atom stereocenters. The second kappa shape index (κ2) is 4.17. The highest BCUT2D eigenvalue weighted by molar-refractivity contribution is 5.16. The van der Waals surface area contributed by atoms with Crippen LogP contribution in [0.4, 0.5) is 0 Å². The van der Waals surface area contributed by atoms with Gasteiger partial charge in [0.2, 0.25) is 0 Å². The number of aliphatic hydroxyl groups is 1. The van der Waals surface area contributed by atoms with Gasteiger partial charge >= 0.3 is 0 Å². The van der Waals surface area contributed by atoms with E-state index in [1.54, 1.807) is 0 Å². The molecule has 1 aromatic carbocycles. The standard InChI is InChI=1S/C13H16O3/c14-12-10(6-9-4-2-1-3-5-9)7-11-8-15-13(12)16-11/h1-5,10-14H,6-8H2/t10?,11-,12?,13+/m0/s1. The Kier molecular flexibility index (Phi) is 2.67. The second-order valence-electron chi connectivity index (χ2n) is 4.64. The molecule has 0 amide bonds. The Morgan fingerprint density at radius 2 is 2.06 bits per heavy atom. The summed E-state index contributed by atoms with van der Waals surface area (Å²) in [6, 6.07) is 10.3. The molecule has 0 aliphatic carbocycles. The Hall–Kier alpha value is -0.900. The van der Waals surface area contributed by atoms with Crippen molar-refractivity contribution in [2.24, 2.45) is 5.92 Å². The molecule has 0 saturated carbocycles. The van der Waals surface area contributed by atoms with Gasteiger partial charge in [0.15, 0.2) is 6.29 Å². The maximum atomic E-state index is 10.1. The molecule has 3 rings (SSSR count). The lowest BCUT2D eigenvalue weighted by atomic mass is 9.87. The molecule has 2 aliphatic heterocycles. The van der Waals surface area contributed by atoms with Gasteiger partial charge in [-0.3, -0.25) is 0 Å². The zero-order valence-corrected chi connectivity index (χ0v) is 9.08. The first-order valence-corrected chi connectivity index (χ1v) is 5.82. The van der Waals surface area contributed by atoms with Crippen molar-refractivity contribution in [2.75, 3.05) is 6.61 Å². The minimum atomic E-state index is -0.487. The lowest BCUT2D eigenvalue weighted by Gasteiger charge is -2.31. The fraction of sp³-hybridized carbons (Fsp3) is 0.538.